The Balaban J connectivity index is 1.77. The first kappa shape index (κ1) is 16.3. The van der Waals surface area contributed by atoms with E-state index >= 15 is 0 Å². The van der Waals surface area contributed by atoms with Gasteiger partial charge >= 0.3 is 0 Å². The Hall–Kier alpha value is -2.54. The smallest absolute Gasteiger partial charge is 0.259 e. The molecule has 0 radical (unpaired) electrons. The van der Waals surface area contributed by atoms with Crippen LogP contribution in [0.25, 0.3) is 0 Å². The molecule has 126 valence electrons. The quantitative estimate of drug-likeness (QED) is 0.935. The molecule has 0 bridgehead atoms. The zero-order valence-electron chi connectivity index (χ0n) is 13.7. The van der Waals surface area contributed by atoms with Gasteiger partial charge in [0.1, 0.15) is 5.82 Å². The number of hydrogen-bond acceptors (Lipinski definition) is 5. The van der Waals surface area contributed by atoms with Gasteiger partial charge in [-0.3, -0.25) is 4.79 Å². The highest BCUT2D eigenvalue weighted by atomic mass is 19.1. The van der Waals surface area contributed by atoms with Crippen molar-refractivity contribution in [3.05, 3.63) is 47.0 Å². The minimum Gasteiger partial charge on any atom is -0.378 e. The van der Waals surface area contributed by atoms with E-state index in [0.29, 0.717) is 41.7 Å². The van der Waals surface area contributed by atoms with Gasteiger partial charge in [0, 0.05) is 25.0 Å². The molecule has 1 aliphatic heterocycles. The van der Waals surface area contributed by atoms with Crippen LogP contribution in [0.1, 0.15) is 21.6 Å². The molecule has 3 rings (SSSR count). The number of nitrogens with zero attached hydrogens (tertiary/aromatic N) is 3. The van der Waals surface area contributed by atoms with Gasteiger partial charge in [0.15, 0.2) is 0 Å². The number of carbonyl (C=O) groups excluding carboxylic acids is 1. The van der Waals surface area contributed by atoms with Crippen molar-refractivity contribution in [2.45, 2.75) is 13.8 Å². The van der Waals surface area contributed by atoms with Gasteiger partial charge in [0.05, 0.1) is 24.5 Å². The Morgan fingerprint density at radius 3 is 2.71 bits per heavy atom. The Bertz CT molecular complexity index is 760. The lowest BCUT2D eigenvalue weighted by molar-refractivity contribution is 0.102. The molecule has 24 heavy (non-hydrogen) atoms. The average Bonchev–Trinajstić information content (AvgIpc) is 2.58. The molecule has 1 aromatic heterocycles. The van der Waals surface area contributed by atoms with Gasteiger partial charge in [-0.1, -0.05) is 0 Å². The normalized spacial score (nSPS) is 14.5. The van der Waals surface area contributed by atoms with Crippen LogP contribution in [0, 0.1) is 19.7 Å². The molecule has 1 saturated heterocycles. The summed E-state index contributed by atoms with van der Waals surface area (Å²) < 4.78 is 18.5. The highest BCUT2D eigenvalue weighted by molar-refractivity contribution is 6.05. The number of aryl methyl sites for hydroxylation is 2. The van der Waals surface area contributed by atoms with Crippen LogP contribution in [0.3, 0.4) is 0 Å². The van der Waals surface area contributed by atoms with Crippen molar-refractivity contribution >= 4 is 17.5 Å². The summed E-state index contributed by atoms with van der Waals surface area (Å²) in [6, 6.07) is 4.23. The molecule has 0 saturated carbocycles. The Labute approximate surface area is 139 Å². The third-order valence-corrected chi connectivity index (χ3v) is 3.94. The molecule has 7 heteroatoms. The van der Waals surface area contributed by atoms with E-state index in [1.807, 2.05) is 4.90 Å². The maximum Gasteiger partial charge on any atom is 0.259 e. The number of nitrogens with one attached hydrogen (secondary N) is 1. The van der Waals surface area contributed by atoms with E-state index in [2.05, 4.69) is 15.3 Å². The third-order valence-electron chi connectivity index (χ3n) is 3.94. The van der Waals surface area contributed by atoms with Gasteiger partial charge in [-0.05, 0) is 37.6 Å². The topological polar surface area (TPSA) is 67.4 Å². The summed E-state index contributed by atoms with van der Waals surface area (Å²) in [5.74, 6) is -0.0408. The molecule has 1 aliphatic rings. The second-order valence-electron chi connectivity index (χ2n) is 5.68. The fourth-order valence-electron chi connectivity index (χ4n) is 2.55. The summed E-state index contributed by atoms with van der Waals surface area (Å²) in [5.41, 5.74) is 2.23. The molecule has 0 spiro atoms. The van der Waals surface area contributed by atoms with E-state index in [1.165, 1.54) is 18.3 Å². The maximum absolute atomic E-state index is 13.1. The fraction of sp³-hybridized carbons (Fsp3) is 0.353. The minimum absolute atomic E-state index is 0.310. The van der Waals surface area contributed by atoms with Crippen LogP contribution in [0.2, 0.25) is 0 Å². The van der Waals surface area contributed by atoms with Crippen LogP contribution in [0.5, 0.6) is 0 Å². The number of carbonyl (C=O) groups is 1. The molecule has 1 aromatic carbocycles. The zero-order chi connectivity index (χ0) is 17.1. The summed E-state index contributed by atoms with van der Waals surface area (Å²) in [7, 11) is 0. The molecule has 2 heterocycles. The average molecular weight is 330 g/mol. The van der Waals surface area contributed by atoms with Crippen LogP contribution < -0.4 is 10.2 Å². The molecule has 1 fully saturated rings. The van der Waals surface area contributed by atoms with Crippen molar-refractivity contribution in [3.8, 4) is 0 Å². The fourth-order valence-corrected chi connectivity index (χ4v) is 2.55. The molecule has 2 aromatic rings. The van der Waals surface area contributed by atoms with E-state index in [9.17, 15) is 9.18 Å². The van der Waals surface area contributed by atoms with Crippen molar-refractivity contribution in [3.63, 3.8) is 0 Å². The van der Waals surface area contributed by atoms with Crippen LogP contribution in [0.4, 0.5) is 16.0 Å². The number of ether oxygens (including phenoxy) is 1. The van der Waals surface area contributed by atoms with Gasteiger partial charge < -0.3 is 15.0 Å². The predicted molar refractivity (Wildman–Crippen MR) is 88.9 cm³/mol. The molecular formula is C17H19FN4O2. The van der Waals surface area contributed by atoms with Gasteiger partial charge in [-0.2, -0.15) is 0 Å². The monoisotopic (exact) mass is 330 g/mol. The highest BCUT2D eigenvalue weighted by Gasteiger charge is 2.17. The van der Waals surface area contributed by atoms with Crippen LogP contribution in [-0.2, 0) is 4.74 Å². The van der Waals surface area contributed by atoms with Crippen molar-refractivity contribution in [2.75, 3.05) is 36.5 Å². The molecule has 0 aliphatic carbocycles. The first-order valence-corrected chi connectivity index (χ1v) is 7.78. The minimum atomic E-state index is -0.333. The molecular weight excluding hydrogens is 311 g/mol. The largest absolute Gasteiger partial charge is 0.378 e. The van der Waals surface area contributed by atoms with Crippen LogP contribution in [-0.4, -0.2) is 42.2 Å². The van der Waals surface area contributed by atoms with Crippen molar-refractivity contribution < 1.29 is 13.9 Å². The SMILES string of the molecule is Cc1cc(F)ccc1NC(=O)c1cnc(N2CCOCC2)nc1C. The van der Waals surface area contributed by atoms with E-state index in [-0.39, 0.29) is 11.7 Å². The van der Waals surface area contributed by atoms with Crippen LogP contribution in [0.15, 0.2) is 24.4 Å². The number of morpholine rings is 1. The van der Waals surface area contributed by atoms with E-state index in [0.717, 1.165) is 13.1 Å². The van der Waals surface area contributed by atoms with E-state index in [1.54, 1.807) is 19.9 Å². The summed E-state index contributed by atoms with van der Waals surface area (Å²) >= 11 is 0. The third kappa shape index (κ3) is 3.51. The van der Waals surface area contributed by atoms with E-state index < -0.39 is 0 Å². The number of benzene rings is 1. The van der Waals surface area contributed by atoms with Gasteiger partial charge in [-0.15, -0.1) is 0 Å². The Morgan fingerprint density at radius 1 is 1.29 bits per heavy atom. The van der Waals surface area contributed by atoms with Crippen molar-refractivity contribution in [2.24, 2.45) is 0 Å². The number of hydrogen-bond donors (Lipinski definition) is 1. The highest BCUT2D eigenvalue weighted by Crippen LogP contribution is 2.18. The van der Waals surface area contributed by atoms with Gasteiger partial charge in [-0.25, -0.2) is 14.4 Å². The van der Waals surface area contributed by atoms with Crippen LogP contribution >= 0.6 is 0 Å². The zero-order valence-corrected chi connectivity index (χ0v) is 13.7. The summed E-state index contributed by atoms with van der Waals surface area (Å²) in [5, 5.41) is 2.77. The molecule has 0 atom stereocenters. The molecule has 1 N–H and O–H groups in total. The van der Waals surface area contributed by atoms with E-state index in [4.69, 9.17) is 4.74 Å². The predicted octanol–water partition coefficient (Wildman–Crippen LogP) is 2.32. The standard InChI is InChI=1S/C17H19FN4O2/c1-11-9-13(18)3-4-15(11)21-16(23)14-10-19-17(20-12(14)2)22-5-7-24-8-6-22/h3-4,9-10H,5-8H2,1-2H3,(H,21,23). The maximum atomic E-state index is 13.1. The summed E-state index contributed by atoms with van der Waals surface area (Å²) in [6.45, 7) is 6.28. The number of rotatable bonds is 3. The second-order valence-corrected chi connectivity index (χ2v) is 5.68. The Kier molecular flexibility index (Phi) is 4.71. The Morgan fingerprint density at radius 2 is 2.04 bits per heavy atom. The lowest BCUT2D eigenvalue weighted by atomic mass is 10.1. The first-order chi connectivity index (χ1) is 11.5. The molecule has 1 amide bonds. The van der Waals surface area contributed by atoms with Crippen molar-refractivity contribution in [1.29, 1.82) is 0 Å². The molecule has 6 nitrogen and oxygen atoms in total. The molecule has 0 unspecified atom stereocenters. The lowest BCUT2D eigenvalue weighted by Gasteiger charge is -2.27. The second kappa shape index (κ2) is 6.92. The summed E-state index contributed by atoms with van der Waals surface area (Å²) in [6.07, 6.45) is 1.53. The summed E-state index contributed by atoms with van der Waals surface area (Å²) in [4.78, 5) is 23.2. The number of aromatic nitrogens is 2. The lowest BCUT2D eigenvalue weighted by Crippen LogP contribution is -2.37. The van der Waals surface area contributed by atoms with Crippen molar-refractivity contribution in [1.82, 2.24) is 9.97 Å². The van der Waals surface area contributed by atoms with Gasteiger partial charge in [0.25, 0.3) is 5.91 Å². The number of anilines is 2. The number of amides is 1. The van der Waals surface area contributed by atoms with Gasteiger partial charge in [0.2, 0.25) is 5.95 Å². The number of halogens is 1. The first-order valence-electron chi connectivity index (χ1n) is 7.78.